The summed E-state index contributed by atoms with van der Waals surface area (Å²) in [6.45, 7) is 0. The smallest absolute Gasteiger partial charge is 0.132 e. The summed E-state index contributed by atoms with van der Waals surface area (Å²) in [5.74, 6) is 0.201. The van der Waals surface area contributed by atoms with Crippen LogP contribution >= 0.6 is 11.6 Å². The van der Waals surface area contributed by atoms with Crippen molar-refractivity contribution in [2.45, 2.75) is 0 Å². The van der Waals surface area contributed by atoms with Crippen LogP contribution in [0.3, 0.4) is 0 Å². The van der Waals surface area contributed by atoms with Crippen molar-refractivity contribution >= 4 is 11.6 Å². The number of hydrogen-bond donors (Lipinski definition) is 1. The summed E-state index contributed by atoms with van der Waals surface area (Å²) in [6.07, 6.45) is 0. The topological polar surface area (TPSA) is 20.2 Å². The molecule has 4 rings (SSSR count). The molecule has 0 spiro atoms. The molecule has 0 saturated heterocycles. The number of phenolic OH excluding ortho intramolecular Hbond substituents is 1. The number of benzene rings is 4. The molecule has 0 amide bonds. The van der Waals surface area contributed by atoms with E-state index in [0.717, 1.165) is 27.8 Å². The zero-order valence-corrected chi connectivity index (χ0v) is 14.8. The van der Waals surface area contributed by atoms with Gasteiger partial charge < -0.3 is 5.11 Å². The standard InChI is InChI=1S/C24H17ClO/c25-23-20(17-10-4-1-5-11-17)16-21(18-12-6-2-7-13-18)24(26)22(23)19-14-8-3-9-15-19/h1-16,26H. The van der Waals surface area contributed by atoms with Crippen molar-refractivity contribution < 1.29 is 5.11 Å². The normalized spacial score (nSPS) is 10.7. The van der Waals surface area contributed by atoms with Crippen LogP contribution in [0.25, 0.3) is 33.4 Å². The minimum atomic E-state index is 0.201. The predicted molar refractivity (Wildman–Crippen MR) is 109 cm³/mol. The zero-order chi connectivity index (χ0) is 17.9. The molecule has 4 aromatic carbocycles. The minimum Gasteiger partial charge on any atom is -0.507 e. The van der Waals surface area contributed by atoms with Gasteiger partial charge in [-0.2, -0.15) is 0 Å². The third-order valence-corrected chi connectivity index (χ3v) is 4.86. The first-order valence-corrected chi connectivity index (χ1v) is 8.85. The van der Waals surface area contributed by atoms with Crippen LogP contribution in [-0.4, -0.2) is 5.11 Å². The van der Waals surface area contributed by atoms with Gasteiger partial charge in [-0.05, 0) is 22.8 Å². The first-order valence-electron chi connectivity index (χ1n) is 8.47. The maximum absolute atomic E-state index is 11.1. The second kappa shape index (κ2) is 7.07. The van der Waals surface area contributed by atoms with E-state index in [-0.39, 0.29) is 5.75 Å². The fraction of sp³-hybridized carbons (Fsp3) is 0. The van der Waals surface area contributed by atoms with Crippen molar-refractivity contribution in [3.05, 3.63) is 102 Å². The fourth-order valence-corrected chi connectivity index (χ4v) is 3.55. The summed E-state index contributed by atoms with van der Waals surface area (Å²) in [6, 6.07) is 31.6. The molecule has 0 atom stereocenters. The SMILES string of the molecule is Oc1c(-c2ccccc2)cc(-c2ccccc2)c(Cl)c1-c1ccccc1. The lowest BCUT2D eigenvalue weighted by atomic mass is 9.92. The minimum absolute atomic E-state index is 0.201. The number of halogens is 1. The first-order chi connectivity index (χ1) is 12.8. The van der Waals surface area contributed by atoms with Crippen molar-refractivity contribution in [2.24, 2.45) is 0 Å². The van der Waals surface area contributed by atoms with Gasteiger partial charge in [0.25, 0.3) is 0 Å². The van der Waals surface area contributed by atoms with E-state index < -0.39 is 0 Å². The van der Waals surface area contributed by atoms with Crippen LogP contribution in [0, 0.1) is 0 Å². The third-order valence-electron chi connectivity index (χ3n) is 4.47. The number of phenols is 1. The highest BCUT2D eigenvalue weighted by Crippen LogP contribution is 2.47. The molecule has 0 unspecified atom stereocenters. The van der Waals surface area contributed by atoms with E-state index >= 15 is 0 Å². The van der Waals surface area contributed by atoms with Gasteiger partial charge in [0, 0.05) is 16.7 Å². The van der Waals surface area contributed by atoms with Crippen LogP contribution < -0.4 is 0 Å². The average molecular weight is 357 g/mol. The van der Waals surface area contributed by atoms with E-state index in [2.05, 4.69) is 0 Å². The van der Waals surface area contributed by atoms with Gasteiger partial charge in [0.2, 0.25) is 0 Å². The Morgan fingerprint density at radius 3 is 1.46 bits per heavy atom. The van der Waals surface area contributed by atoms with E-state index in [1.54, 1.807) is 0 Å². The van der Waals surface area contributed by atoms with E-state index in [9.17, 15) is 5.11 Å². The Morgan fingerprint density at radius 2 is 0.962 bits per heavy atom. The molecular weight excluding hydrogens is 340 g/mol. The molecular formula is C24H17ClO. The molecule has 2 heteroatoms. The second-order valence-corrected chi connectivity index (χ2v) is 6.49. The van der Waals surface area contributed by atoms with E-state index in [1.807, 2.05) is 97.1 Å². The molecule has 0 bridgehead atoms. The summed E-state index contributed by atoms with van der Waals surface area (Å²) in [5.41, 5.74) is 5.20. The lowest BCUT2D eigenvalue weighted by Gasteiger charge is -2.17. The Morgan fingerprint density at radius 1 is 0.538 bits per heavy atom. The average Bonchev–Trinajstić information content (AvgIpc) is 2.70. The Kier molecular flexibility index (Phi) is 4.47. The van der Waals surface area contributed by atoms with Crippen molar-refractivity contribution in [1.29, 1.82) is 0 Å². The maximum Gasteiger partial charge on any atom is 0.132 e. The molecule has 0 heterocycles. The summed E-state index contributed by atoms with van der Waals surface area (Å²) in [4.78, 5) is 0. The molecule has 1 nitrogen and oxygen atoms in total. The largest absolute Gasteiger partial charge is 0.507 e. The van der Waals surface area contributed by atoms with Crippen molar-refractivity contribution in [2.75, 3.05) is 0 Å². The van der Waals surface area contributed by atoms with Gasteiger partial charge in [0.05, 0.1) is 5.02 Å². The molecule has 0 aromatic heterocycles. The number of aromatic hydroxyl groups is 1. The molecule has 0 fully saturated rings. The monoisotopic (exact) mass is 356 g/mol. The fourth-order valence-electron chi connectivity index (χ4n) is 3.18. The van der Waals surface area contributed by atoms with Gasteiger partial charge in [-0.15, -0.1) is 0 Å². The van der Waals surface area contributed by atoms with Gasteiger partial charge in [-0.3, -0.25) is 0 Å². The van der Waals surface area contributed by atoms with E-state index in [4.69, 9.17) is 11.6 Å². The van der Waals surface area contributed by atoms with Gasteiger partial charge >= 0.3 is 0 Å². The Bertz CT molecular complexity index is 962. The number of hydrogen-bond acceptors (Lipinski definition) is 1. The molecule has 26 heavy (non-hydrogen) atoms. The molecule has 0 aliphatic heterocycles. The van der Waals surface area contributed by atoms with Gasteiger partial charge in [-0.1, -0.05) is 103 Å². The molecule has 0 aliphatic carbocycles. The highest BCUT2D eigenvalue weighted by Gasteiger charge is 2.19. The van der Waals surface area contributed by atoms with Crippen molar-refractivity contribution in [3.63, 3.8) is 0 Å². The second-order valence-electron chi connectivity index (χ2n) is 6.11. The van der Waals surface area contributed by atoms with Gasteiger partial charge in [-0.25, -0.2) is 0 Å². The molecule has 4 aromatic rings. The lowest BCUT2D eigenvalue weighted by molar-refractivity contribution is 0.479. The van der Waals surface area contributed by atoms with Crippen LogP contribution in [0.15, 0.2) is 97.1 Å². The third kappa shape index (κ3) is 2.98. The molecule has 0 saturated carbocycles. The summed E-state index contributed by atoms with van der Waals surface area (Å²) < 4.78 is 0. The Labute approximate surface area is 158 Å². The molecule has 0 aliphatic rings. The maximum atomic E-state index is 11.1. The van der Waals surface area contributed by atoms with Crippen LogP contribution in [0.1, 0.15) is 0 Å². The van der Waals surface area contributed by atoms with Crippen molar-refractivity contribution in [3.8, 4) is 39.1 Å². The Balaban J connectivity index is 2.05. The highest BCUT2D eigenvalue weighted by molar-refractivity contribution is 6.36. The summed E-state index contributed by atoms with van der Waals surface area (Å²) in [7, 11) is 0. The van der Waals surface area contributed by atoms with Crippen LogP contribution in [-0.2, 0) is 0 Å². The molecule has 1 N–H and O–H groups in total. The van der Waals surface area contributed by atoms with Crippen LogP contribution in [0.5, 0.6) is 5.75 Å². The van der Waals surface area contributed by atoms with Gasteiger partial charge in [0.15, 0.2) is 0 Å². The van der Waals surface area contributed by atoms with Crippen LogP contribution in [0.2, 0.25) is 5.02 Å². The predicted octanol–water partition coefficient (Wildman–Crippen LogP) is 7.05. The number of rotatable bonds is 3. The van der Waals surface area contributed by atoms with Gasteiger partial charge in [0.1, 0.15) is 5.75 Å². The van der Waals surface area contributed by atoms with E-state index in [0.29, 0.717) is 10.6 Å². The summed E-state index contributed by atoms with van der Waals surface area (Å²) in [5, 5.41) is 11.6. The lowest BCUT2D eigenvalue weighted by Crippen LogP contribution is -1.90. The highest BCUT2D eigenvalue weighted by atomic mass is 35.5. The quantitative estimate of drug-likeness (QED) is 0.417. The Hall–Kier alpha value is -3.03. The van der Waals surface area contributed by atoms with E-state index in [1.165, 1.54) is 0 Å². The zero-order valence-electron chi connectivity index (χ0n) is 14.1. The van der Waals surface area contributed by atoms with Crippen molar-refractivity contribution in [1.82, 2.24) is 0 Å². The van der Waals surface area contributed by atoms with Crippen LogP contribution in [0.4, 0.5) is 0 Å². The molecule has 126 valence electrons. The summed E-state index contributed by atoms with van der Waals surface area (Å²) >= 11 is 6.78. The molecule has 0 radical (unpaired) electrons. The first kappa shape index (κ1) is 16.4.